The molecular formula is C18H11F3O3. The van der Waals surface area contributed by atoms with E-state index in [1.54, 1.807) is 18.2 Å². The third kappa shape index (κ3) is 2.95. The molecule has 0 saturated carbocycles. The minimum Gasteiger partial charge on any atom is -0.427 e. The lowest BCUT2D eigenvalue weighted by Crippen LogP contribution is -2.05. The quantitative estimate of drug-likeness (QED) is 0.606. The highest BCUT2D eigenvalue weighted by molar-refractivity contribution is 6.37. The van der Waals surface area contributed by atoms with Gasteiger partial charge in [-0.25, -0.2) is 0 Å². The van der Waals surface area contributed by atoms with Crippen LogP contribution in [0.5, 0.6) is 5.75 Å². The average molecular weight is 332 g/mol. The van der Waals surface area contributed by atoms with E-state index in [0.29, 0.717) is 22.3 Å². The van der Waals surface area contributed by atoms with Gasteiger partial charge in [0.1, 0.15) is 5.75 Å². The SMILES string of the molecule is CC(=O)Oc1ccc2c(c1)C(=O)C(c1ccc(C(F)(F)F)cc1)=C2. The van der Waals surface area contributed by atoms with Gasteiger partial charge in [0.2, 0.25) is 0 Å². The highest BCUT2D eigenvalue weighted by Crippen LogP contribution is 2.35. The lowest BCUT2D eigenvalue weighted by molar-refractivity contribution is -0.137. The summed E-state index contributed by atoms with van der Waals surface area (Å²) in [5, 5.41) is 0. The maximum Gasteiger partial charge on any atom is 0.416 e. The smallest absolute Gasteiger partial charge is 0.416 e. The van der Waals surface area contributed by atoms with Gasteiger partial charge in [-0.15, -0.1) is 0 Å². The van der Waals surface area contributed by atoms with Crippen LogP contribution in [0.3, 0.4) is 0 Å². The number of hydrogen-bond donors (Lipinski definition) is 0. The fourth-order valence-electron chi connectivity index (χ4n) is 2.51. The van der Waals surface area contributed by atoms with Gasteiger partial charge < -0.3 is 4.74 Å². The molecule has 0 aromatic heterocycles. The Hall–Kier alpha value is -2.89. The number of halogens is 3. The van der Waals surface area contributed by atoms with Crippen LogP contribution in [0, 0.1) is 0 Å². The molecule has 0 saturated heterocycles. The van der Waals surface area contributed by atoms with Gasteiger partial charge in [0, 0.05) is 18.1 Å². The molecule has 0 spiro atoms. The molecule has 0 radical (unpaired) electrons. The molecule has 122 valence electrons. The number of benzene rings is 2. The van der Waals surface area contributed by atoms with E-state index in [9.17, 15) is 22.8 Å². The summed E-state index contributed by atoms with van der Waals surface area (Å²) in [7, 11) is 0. The highest BCUT2D eigenvalue weighted by atomic mass is 19.4. The van der Waals surface area contributed by atoms with Gasteiger partial charge in [0.05, 0.1) is 5.56 Å². The van der Waals surface area contributed by atoms with Crippen molar-refractivity contribution in [2.24, 2.45) is 0 Å². The Balaban J connectivity index is 1.91. The number of carbonyl (C=O) groups excluding carboxylic acids is 2. The van der Waals surface area contributed by atoms with Gasteiger partial charge in [-0.05, 0) is 41.5 Å². The largest absolute Gasteiger partial charge is 0.427 e. The zero-order chi connectivity index (χ0) is 17.5. The van der Waals surface area contributed by atoms with E-state index in [-0.39, 0.29) is 11.5 Å². The van der Waals surface area contributed by atoms with Crippen molar-refractivity contribution in [3.63, 3.8) is 0 Å². The molecule has 0 aliphatic heterocycles. The summed E-state index contributed by atoms with van der Waals surface area (Å²) in [4.78, 5) is 23.5. The molecule has 2 aromatic rings. The normalized spacial score (nSPS) is 13.5. The Morgan fingerprint density at radius 3 is 2.29 bits per heavy atom. The van der Waals surface area contributed by atoms with Crippen LogP contribution in [0.2, 0.25) is 0 Å². The molecule has 3 nitrogen and oxygen atoms in total. The first-order valence-electron chi connectivity index (χ1n) is 7.02. The monoisotopic (exact) mass is 332 g/mol. The summed E-state index contributed by atoms with van der Waals surface area (Å²) < 4.78 is 42.8. The van der Waals surface area contributed by atoms with E-state index in [1.165, 1.54) is 25.1 Å². The molecule has 0 fully saturated rings. The summed E-state index contributed by atoms with van der Waals surface area (Å²) in [6.45, 7) is 1.25. The lowest BCUT2D eigenvalue weighted by atomic mass is 10.0. The topological polar surface area (TPSA) is 43.4 Å². The maximum absolute atomic E-state index is 12.6. The summed E-state index contributed by atoms with van der Waals surface area (Å²) >= 11 is 0. The van der Waals surface area contributed by atoms with Crippen molar-refractivity contribution in [2.75, 3.05) is 0 Å². The van der Waals surface area contributed by atoms with Crippen molar-refractivity contribution in [1.29, 1.82) is 0 Å². The van der Waals surface area contributed by atoms with Gasteiger partial charge in [-0.2, -0.15) is 13.2 Å². The van der Waals surface area contributed by atoms with Gasteiger partial charge in [-0.1, -0.05) is 18.2 Å². The number of hydrogen-bond acceptors (Lipinski definition) is 3. The second-order valence-electron chi connectivity index (χ2n) is 5.30. The molecule has 2 aromatic carbocycles. The van der Waals surface area contributed by atoms with Crippen LogP contribution in [0.4, 0.5) is 13.2 Å². The summed E-state index contributed by atoms with van der Waals surface area (Å²) in [6.07, 6.45) is -2.81. The van der Waals surface area contributed by atoms with Crippen molar-refractivity contribution >= 4 is 23.4 Å². The standard InChI is InChI=1S/C18H11F3O3/c1-10(22)24-14-7-4-12-8-15(17(23)16(12)9-14)11-2-5-13(6-3-11)18(19,20)21/h2-9H,1H3. The maximum atomic E-state index is 12.6. The summed E-state index contributed by atoms with van der Waals surface area (Å²) in [6, 6.07) is 9.05. The number of allylic oxidation sites excluding steroid dienone is 1. The van der Waals surface area contributed by atoms with Crippen LogP contribution >= 0.6 is 0 Å². The predicted octanol–water partition coefficient (Wildman–Crippen LogP) is 4.37. The van der Waals surface area contributed by atoms with Crippen molar-refractivity contribution in [1.82, 2.24) is 0 Å². The van der Waals surface area contributed by atoms with Crippen molar-refractivity contribution in [3.05, 3.63) is 64.7 Å². The third-order valence-electron chi connectivity index (χ3n) is 3.60. The Morgan fingerprint density at radius 1 is 1.04 bits per heavy atom. The lowest BCUT2D eigenvalue weighted by Gasteiger charge is -2.08. The Kier molecular flexibility index (Phi) is 3.75. The first-order valence-corrected chi connectivity index (χ1v) is 7.02. The van der Waals surface area contributed by atoms with Crippen LogP contribution < -0.4 is 4.74 Å². The molecule has 6 heteroatoms. The Bertz CT molecular complexity index is 862. The fraction of sp³-hybridized carbons (Fsp3) is 0.111. The van der Waals surface area contributed by atoms with Gasteiger partial charge in [0.15, 0.2) is 5.78 Å². The first-order chi connectivity index (χ1) is 11.3. The molecule has 3 rings (SSSR count). The van der Waals surface area contributed by atoms with Crippen LogP contribution in [0.1, 0.15) is 34.0 Å². The molecule has 0 heterocycles. The predicted molar refractivity (Wildman–Crippen MR) is 81.4 cm³/mol. The summed E-state index contributed by atoms with van der Waals surface area (Å²) in [5.74, 6) is -0.577. The first kappa shape index (κ1) is 16.0. The molecule has 24 heavy (non-hydrogen) atoms. The van der Waals surface area contributed by atoms with Gasteiger partial charge >= 0.3 is 12.1 Å². The molecule has 0 amide bonds. The van der Waals surface area contributed by atoms with Crippen molar-refractivity contribution in [2.45, 2.75) is 13.1 Å². The molecule has 0 N–H and O–H groups in total. The molecule has 1 aliphatic carbocycles. The van der Waals surface area contributed by atoms with E-state index in [1.807, 2.05) is 0 Å². The Labute approximate surface area is 135 Å². The zero-order valence-corrected chi connectivity index (χ0v) is 12.5. The van der Waals surface area contributed by atoms with Crippen LogP contribution in [0.15, 0.2) is 42.5 Å². The average Bonchev–Trinajstić information content (AvgIpc) is 2.83. The van der Waals surface area contributed by atoms with Crippen molar-refractivity contribution in [3.8, 4) is 5.75 Å². The zero-order valence-electron chi connectivity index (χ0n) is 12.5. The highest BCUT2D eigenvalue weighted by Gasteiger charge is 2.31. The molecule has 1 aliphatic rings. The summed E-state index contributed by atoms with van der Waals surface area (Å²) in [5.41, 5.74) is 0.915. The van der Waals surface area contributed by atoms with Crippen molar-refractivity contribution < 1.29 is 27.5 Å². The second-order valence-corrected chi connectivity index (χ2v) is 5.30. The fourth-order valence-corrected chi connectivity index (χ4v) is 2.51. The number of alkyl halides is 3. The minimum atomic E-state index is -4.42. The van der Waals surface area contributed by atoms with Crippen LogP contribution in [-0.2, 0) is 11.0 Å². The number of carbonyl (C=O) groups is 2. The van der Waals surface area contributed by atoms with Gasteiger partial charge in [-0.3, -0.25) is 9.59 Å². The van der Waals surface area contributed by atoms with E-state index in [4.69, 9.17) is 4.74 Å². The van der Waals surface area contributed by atoms with E-state index in [2.05, 4.69) is 0 Å². The molecule has 0 unspecified atom stereocenters. The number of ether oxygens (including phenoxy) is 1. The van der Waals surface area contributed by atoms with E-state index >= 15 is 0 Å². The number of fused-ring (bicyclic) bond motifs is 1. The number of Topliss-reactive ketones (excluding diaryl/α,β-unsaturated/α-hetero) is 1. The van der Waals surface area contributed by atoms with E-state index in [0.717, 1.165) is 12.1 Å². The number of esters is 1. The minimum absolute atomic E-state index is 0.247. The van der Waals surface area contributed by atoms with Crippen LogP contribution in [-0.4, -0.2) is 11.8 Å². The number of rotatable bonds is 2. The van der Waals surface area contributed by atoms with E-state index < -0.39 is 17.7 Å². The molecule has 0 atom stereocenters. The van der Waals surface area contributed by atoms with Gasteiger partial charge in [0.25, 0.3) is 0 Å². The Morgan fingerprint density at radius 2 is 1.71 bits per heavy atom. The molecular weight excluding hydrogens is 321 g/mol. The second kappa shape index (κ2) is 5.63. The number of ketones is 1. The van der Waals surface area contributed by atoms with Crippen LogP contribution in [0.25, 0.3) is 11.6 Å². The third-order valence-corrected chi connectivity index (χ3v) is 3.60. The molecule has 0 bridgehead atoms.